The first-order valence-electron chi connectivity index (χ1n) is 10.1. The Morgan fingerprint density at radius 1 is 1.18 bits per heavy atom. The highest BCUT2D eigenvalue weighted by atomic mass is 35.5. The van der Waals surface area contributed by atoms with E-state index in [2.05, 4.69) is 9.97 Å². The number of hydrogen-bond donors (Lipinski definition) is 1. The number of alkyl halides is 3. The second-order valence-electron chi connectivity index (χ2n) is 7.45. The van der Waals surface area contributed by atoms with Crippen LogP contribution >= 0.6 is 22.9 Å². The summed E-state index contributed by atoms with van der Waals surface area (Å²) in [6, 6.07) is 10.0. The van der Waals surface area contributed by atoms with Crippen LogP contribution in [0.15, 0.2) is 48.8 Å². The normalized spacial score (nSPS) is 16.1. The van der Waals surface area contributed by atoms with E-state index < -0.39 is 24.0 Å². The zero-order chi connectivity index (χ0) is 23.6. The fourth-order valence-corrected chi connectivity index (χ4v) is 4.92. The van der Waals surface area contributed by atoms with Crippen molar-refractivity contribution in [1.29, 1.82) is 0 Å². The molecule has 11 heteroatoms. The number of nitrogens with zero attached hydrogens (tertiary/aromatic N) is 3. The summed E-state index contributed by atoms with van der Waals surface area (Å²) in [5.41, 5.74) is 1.70. The van der Waals surface area contributed by atoms with Gasteiger partial charge in [0.15, 0.2) is 0 Å². The Balaban J connectivity index is 1.66. The number of likely N-dealkylation sites (tertiary alicyclic amines) is 1. The van der Waals surface area contributed by atoms with Crippen LogP contribution in [0.25, 0.3) is 21.0 Å². The molecule has 0 aliphatic carbocycles. The van der Waals surface area contributed by atoms with Crippen molar-refractivity contribution in [3.05, 3.63) is 59.5 Å². The molecular weight excluding hydrogens is 477 g/mol. The average molecular weight is 495 g/mol. The number of carbonyl (C=O) groups excluding carboxylic acids is 2. The molecule has 1 aliphatic rings. The van der Waals surface area contributed by atoms with E-state index in [4.69, 9.17) is 11.6 Å². The molecule has 1 aromatic carbocycles. The van der Waals surface area contributed by atoms with Crippen molar-refractivity contribution in [3.63, 3.8) is 0 Å². The van der Waals surface area contributed by atoms with Crippen LogP contribution in [-0.2, 0) is 4.79 Å². The van der Waals surface area contributed by atoms with E-state index in [-0.39, 0.29) is 12.2 Å². The van der Waals surface area contributed by atoms with Crippen molar-refractivity contribution in [1.82, 2.24) is 20.2 Å². The van der Waals surface area contributed by atoms with E-state index in [0.29, 0.717) is 39.9 Å². The molecule has 0 spiro atoms. The van der Waals surface area contributed by atoms with Gasteiger partial charge in [0, 0.05) is 42.1 Å². The summed E-state index contributed by atoms with van der Waals surface area (Å²) in [6.07, 6.45) is -0.625. The summed E-state index contributed by atoms with van der Waals surface area (Å²) in [5, 5.41) is 2.99. The molecule has 3 aromatic rings. The van der Waals surface area contributed by atoms with Crippen molar-refractivity contribution >= 4 is 34.8 Å². The quantitative estimate of drug-likeness (QED) is 0.552. The van der Waals surface area contributed by atoms with Crippen molar-refractivity contribution in [3.8, 4) is 21.0 Å². The molecule has 1 fully saturated rings. The molecule has 1 N–H and O–H groups in total. The summed E-state index contributed by atoms with van der Waals surface area (Å²) < 4.78 is 37.7. The standard InChI is InChI=1S/C22H18ClF3N4O2S/c23-15-4-1-3-14(11-15)18-17(29-19(33-18)13-6-8-27-9-7-13)20(31)30-10-2-5-16(30)12-28-21(32)22(24,25)26/h1,3-4,6-9,11,16H,2,5,10,12H2,(H,28,32). The zero-order valence-electron chi connectivity index (χ0n) is 17.1. The monoisotopic (exact) mass is 494 g/mol. The number of nitrogens with one attached hydrogen (secondary N) is 1. The summed E-state index contributed by atoms with van der Waals surface area (Å²) in [4.78, 5) is 35.4. The lowest BCUT2D eigenvalue weighted by Gasteiger charge is -2.25. The zero-order valence-corrected chi connectivity index (χ0v) is 18.7. The minimum atomic E-state index is -4.97. The number of pyridine rings is 1. The van der Waals surface area contributed by atoms with Crippen LogP contribution in [-0.4, -0.2) is 52.0 Å². The second-order valence-corrected chi connectivity index (χ2v) is 8.88. The van der Waals surface area contributed by atoms with E-state index in [1.54, 1.807) is 42.7 Å². The Labute approximate surface area is 196 Å². The molecule has 4 rings (SSSR count). The molecule has 0 bridgehead atoms. The van der Waals surface area contributed by atoms with Gasteiger partial charge in [-0.15, -0.1) is 11.3 Å². The molecule has 1 saturated heterocycles. The van der Waals surface area contributed by atoms with Crippen LogP contribution in [0.5, 0.6) is 0 Å². The number of hydrogen-bond acceptors (Lipinski definition) is 5. The first-order valence-corrected chi connectivity index (χ1v) is 11.3. The Bertz CT molecular complexity index is 1170. The highest BCUT2D eigenvalue weighted by Crippen LogP contribution is 2.37. The van der Waals surface area contributed by atoms with Gasteiger partial charge in [-0.25, -0.2) is 4.98 Å². The van der Waals surface area contributed by atoms with Crippen LogP contribution < -0.4 is 5.32 Å². The number of benzene rings is 1. The molecule has 2 amide bonds. The predicted molar refractivity (Wildman–Crippen MR) is 119 cm³/mol. The number of amides is 2. The fourth-order valence-electron chi connectivity index (χ4n) is 3.67. The van der Waals surface area contributed by atoms with E-state index in [9.17, 15) is 22.8 Å². The molecule has 33 heavy (non-hydrogen) atoms. The first-order chi connectivity index (χ1) is 15.7. The Kier molecular flexibility index (Phi) is 6.66. The topological polar surface area (TPSA) is 75.2 Å². The lowest BCUT2D eigenvalue weighted by molar-refractivity contribution is -0.173. The lowest BCUT2D eigenvalue weighted by atomic mass is 10.1. The summed E-state index contributed by atoms with van der Waals surface area (Å²) in [6.45, 7) is 0.0838. The largest absolute Gasteiger partial charge is 0.471 e. The molecule has 6 nitrogen and oxygen atoms in total. The number of carbonyl (C=O) groups is 2. The van der Waals surface area contributed by atoms with Gasteiger partial charge in [0.2, 0.25) is 0 Å². The highest BCUT2D eigenvalue weighted by Gasteiger charge is 2.40. The minimum Gasteiger partial charge on any atom is -0.346 e. The van der Waals surface area contributed by atoms with Gasteiger partial charge in [-0.05, 0) is 42.7 Å². The van der Waals surface area contributed by atoms with Gasteiger partial charge < -0.3 is 10.2 Å². The van der Waals surface area contributed by atoms with Gasteiger partial charge in [0.1, 0.15) is 10.7 Å². The SMILES string of the molecule is O=C(c1nc(-c2ccncc2)sc1-c1cccc(Cl)c1)N1CCCC1CNC(=O)C(F)(F)F. The summed E-state index contributed by atoms with van der Waals surface area (Å²) in [5.74, 6) is -2.42. The smallest absolute Gasteiger partial charge is 0.346 e. The van der Waals surface area contributed by atoms with Gasteiger partial charge in [0.25, 0.3) is 5.91 Å². The Morgan fingerprint density at radius 2 is 1.94 bits per heavy atom. The van der Waals surface area contributed by atoms with Crippen LogP contribution in [0.3, 0.4) is 0 Å². The highest BCUT2D eigenvalue weighted by molar-refractivity contribution is 7.18. The Morgan fingerprint density at radius 3 is 2.64 bits per heavy atom. The molecular formula is C22H18ClF3N4O2S. The molecule has 1 aliphatic heterocycles. The lowest BCUT2D eigenvalue weighted by Crippen LogP contribution is -2.46. The predicted octanol–water partition coefficient (Wildman–Crippen LogP) is 4.81. The van der Waals surface area contributed by atoms with Crippen molar-refractivity contribution in [2.45, 2.75) is 25.1 Å². The summed E-state index contributed by atoms with van der Waals surface area (Å²) in [7, 11) is 0. The number of aromatic nitrogens is 2. The molecule has 1 unspecified atom stereocenters. The molecule has 2 aromatic heterocycles. The van der Waals surface area contributed by atoms with Crippen LogP contribution in [0.2, 0.25) is 5.02 Å². The first kappa shape index (κ1) is 23.2. The van der Waals surface area contributed by atoms with Crippen molar-refractivity contribution in [2.75, 3.05) is 13.1 Å². The number of thiazole rings is 1. The molecule has 172 valence electrons. The van der Waals surface area contributed by atoms with Crippen LogP contribution in [0, 0.1) is 0 Å². The molecule has 0 radical (unpaired) electrons. The molecule has 1 atom stereocenters. The van der Waals surface area contributed by atoms with Gasteiger partial charge in [-0.2, -0.15) is 13.2 Å². The van der Waals surface area contributed by atoms with E-state index in [1.165, 1.54) is 16.2 Å². The number of rotatable bonds is 5. The van der Waals surface area contributed by atoms with Gasteiger partial charge in [-0.1, -0.05) is 23.7 Å². The minimum absolute atomic E-state index is 0.197. The van der Waals surface area contributed by atoms with E-state index >= 15 is 0 Å². The van der Waals surface area contributed by atoms with Crippen LogP contribution in [0.1, 0.15) is 23.3 Å². The van der Waals surface area contributed by atoms with Gasteiger partial charge in [0.05, 0.1) is 4.88 Å². The van der Waals surface area contributed by atoms with Crippen molar-refractivity contribution in [2.24, 2.45) is 0 Å². The fraction of sp³-hybridized carbons (Fsp3) is 0.273. The van der Waals surface area contributed by atoms with Gasteiger partial charge >= 0.3 is 12.1 Å². The third kappa shape index (κ3) is 5.17. The van der Waals surface area contributed by atoms with Crippen LogP contribution in [0.4, 0.5) is 13.2 Å². The average Bonchev–Trinajstić information content (AvgIpc) is 3.44. The molecule has 3 heterocycles. The van der Waals surface area contributed by atoms with Crippen molar-refractivity contribution < 1.29 is 22.8 Å². The summed E-state index contributed by atoms with van der Waals surface area (Å²) >= 11 is 7.48. The maximum absolute atomic E-state index is 13.5. The Hall–Kier alpha value is -2.98. The molecule has 0 saturated carbocycles. The van der Waals surface area contributed by atoms with E-state index in [1.807, 2.05) is 11.4 Å². The maximum atomic E-state index is 13.5. The second kappa shape index (κ2) is 9.48. The number of halogens is 4. The van der Waals surface area contributed by atoms with Gasteiger partial charge in [-0.3, -0.25) is 14.6 Å². The van der Waals surface area contributed by atoms with E-state index in [0.717, 1.165) is 5.56 Å². The third-order valence-electron chi connectivity index (χ3n) is 5.24. The third-order valence-corrected chi connectivity index (χ3v) is 6.63. The maximum Gasteiger partial charge on any atom is 0.471 e.